The second kappa shape index (κ2) is 6.97. The normalized spacial score (nSPS) is 8.83. The number of hydrogen-bond acceptors (Lipinski definition) is 2. The van der Waals surface area contributed by atoms with E-state index in [2.05, 4.69) is 15.3 Å². The van der Waals surface area contributed by atoms with Gasteiger partial charge in [-0.05, 0) is 0 Å². The van der Waals surface area contributed by atoms with E-state index in [0.717, 1.165) is 5.30 Å². The first kappa shape index (κ1) is 12.5. The summed E-state index contributed by atoms with van der Waals surface area (Å²) in [4.78, 5) is 0. The summed E-state index contributed by atoms with van der Waals surface area (Å²) >= 11 is 0. The third kappa shape index (κ3) is 4.52. The molecule has 4 heteroatoms. The van der Waals surface area contributed by atoms with Crippen LogP contribution in [-0.4, -0.2) is 13.9 Å². The Morgan fingerprint density at radius 2 is 2.25 bits per heavy atom. The van der Waals surface area contributed by atoms with Gasteiger partial charge in [-0.3, -0.25) is 0 Å². The van der Waals surface area contributed by atoms with Crippen LogP contribution in [0.5, 0.6) is 5.75 Å². The van der Waals surface area contributed by atoms with E-state index in [-0.39, 0.29) is 39.5 Å². The van der Waals surface area contributed by atoms with E-state index in [1.807, 2.05) is 18.2 Å². The standard InChI is InChI=1S/C8H10O2P.Y/c1-9-6-10-7-2-4-8(11)5-3-7;/h2,4-5H,6,11H2,1H3;/q-1;. The SMILES string of the molecule is COCOc1[c-]cc(P)cc1.[Y]. The summed E-state index contributed by atoms with van der Waals surface area (Å²) < 4.78 is 9.85. The predicted octanol–water partition coefficient (Wildman–Crippen LogP) is 0.967. The zero-order valence-corrected chi connectivity index (χ0v) is 10.9. The van der Waals surface area contributed by atoms with Crippen LogP contribution in [0.15, 0.2) is 18.2 Å². The van der Waals surface area contributed by atoms with Crippen molar-refractivity contribution in [1.29, 1.82) is 0 Å². The molecule has 63 valence electrons. The number of rotatable bonds is 3. The molecule has 0 bridgehead atoms. The van der Waals surface area contributed by atoms with Gasteiger partial charge in [0.2, 0.25) is 0 Å². The van der Waals surface area contributed by atoms with E-state index < -0.39 is 0 Å². The monoisotopic (exact) mass is 258 g/mol. The quantitative estimate of drug-likeness (QED) is 0.457. The summed E-state index contributed by atoms with van der Waals surface area (Å²) in [5.74, 6) is 0.707. The van der Waals surface area contributed by atoms with Crippen LogP contribution in [0.2, 0.25) is 0 Å². The van der Waals surface area contributed by atoms with Crippen LogP contribution in [-0.2, 0) is 37.4 Å². The van der Waals surface area contributed by atoms with Crippen LogP contribution in [0.4, 0.5) is 0 Å². The number of methoxy groups -OCH3 is 1. The van der Waals surface area contributed by atoms with Crippen LogP contribution < -0.4 is 10.0 Å². The Hall–Kier alpha value is 0.514. The fourth-order valence-corrected chi connectivity index (χ4v) is 0.814. The van der Waals surface area contributed by atoms with Crippen LogP contribution in [0.3, 0.4) is 0 Å². The molecule has 0 amide bonds. The van der Waals surface area contributed by atoms with Crippen molar-refractivity contribution in [3.63, 3.8) is 0 Å². The molecule has 0 aromatic heterocycles. The second-order valence-corrected chi connectivity index (χ2v) is 2.70. The smallest absolute Gasteiger partial charge is 0.185 e. The topological polar surface area (TPSA) is 18.5 Å². The van der Waals surface area contributed by atoms with Gasteiger partial charge in [0.25, 0.3) is 0 Å². The largest absolute Gasteiger partial charge is 0.493 e. The molecule has 0 saturated carbocycles. The predicted molar refractivity (Wildman–Crippen MR) is 47.1 cm³/mol. The van der Waals surface area contributed by atoms with Gasteiger partial charge < -0.3 is 9.47 Å². The molecule has 1 radical (unpaired) electrons. The molecular weight excluding hydrogens is 248 g/mol. The Bertz CT molecular complexity index is 213. The Labute approximate surface area is 100 Å². The van der Waals surface area contributed by atoms with Crippen LogP contribution >= 0.6 is 9.24 Å². The number of benzene rings is 1. The third-order valence-electron chi connectivity index (χ3n) is 1.14. The summed E-state index contributed by atoms with van der Waals surface area (Å²) in [6.45, 7) is 0.271. The van der Waals surface area contributed by atoms with Crippen LogP contribution in [0, 0.1) is 6.07 Å². The van der Waals surface area contributed by atoms with Crippen molar-refractivity contribution < 1.29 is 42.2 Å². The Balaban J connectivity index is 0.00000121. The molecule has 0 aliphatic carbocycles. The molecule has 0 spiro atoms. The van der Waals surface area contributed by atoms with E-state index in [4.69, 9.17) is 9.47 Å². The van der Waals surface area contributed by atoms with E-state index in [1.54, 1.807) is 7.11 Å². The molecule has 0 aliphatic rings. The van der Waals surface area contributed by atoms with Crippen molar-refractivity contribution in [3.8, 4) is 5.75 Å². The summed E-state index contributed by atoms with van der Waals surface area (Å²) in [5, 5.41) is 1.09. The molecule has 1 unspecified atom stereocenters. The van der Waals surface area contributed by atoms with E-state index in [1.165, 1.54) is 0 Å². The average molecular weight is 258 g/mol. The molecule has 0 fully saturated rings. The van der Waals surface area contributed by atoms with Gasteiger partial charge in [-0.2, -0.15) is 21.4 Å². The van der Waals surface area contributed by atoms with Crippen LogP contribution in [0.25, 0.3) is 0 Å². The van der Waals surface area contributed by atoms with Crippen molar-refractivity contribution in [1.82, 2.24) is 0 Å². The molecule has 0 aliphatic heterocycles. The van der Waals surface area contributed by atoms with Crippen molar-refractivity contribution in [2.75, 3.05) is 13.9 Å². The molecular formula is C8H10O2PY-. The fraction of sp³-hybridized carbons (Fsp3) is 0.250. The Morgan fingerprint density at radius 1 is 1.50 bits per heavy atom. The summed E-state index contributed by atoms with van der Waals surface area (Å²) in [7, 11) is 4.17. The molecule has 1 aromatic carbocycles. The second-order valence-electron chi connectivity index (χ2n) is 2.04. The Morgan fingerprint density at radius 3 is 2.75 bits per heavy atom. The first-order valence-electron chi connectivity index (χ1n) is 3.22. The molecule has 1 atom stereocenters. The Kier molecular flexibility index (Phi) is 7.27. The fourth-order valence-electron chi connectivity index (χ4n) is 0.635. The molecule has 12 heavy (non-hydrogen) atoms. The molecule has 2 nitrogen and oxygen atoms in total. The van der Waals surface area contributed by atoms with Gasteiger partial charge in [0.1, 0.15) is 0 Å². The molecule has 0 heterocycles. The molecule has 1 rings (SSSR count). The first-order chi connectivity index (χ1) is 5.33. The molecule has 0 saturated heterocycles. The molecule has 0 N–H and O–H groups in total. The van der Waals surface area contributed by atoms with Gasteiger partial charge in [0, 0.05) is 45.6 Å². The van der Waals surface area contributed by atoms with Gasteiger partial charge in [0.05, 0.1) is 0 Å². The maximum atomic E-state index is 5.12. The summed E-state index contributed by atoms with van der Waals surface area (Å²) in [6, 6.07) is 8.58. The molecule has 1 aromatic rings. The van der Waals surface area contributed by atoms with E-state index in [9.17, 15) is 0 Å². The summed E-state index contributed by atoms with van der Waals surface area (Å²) in [6.07, 6.45) is 0. The summed E-state index contributed by atoms with van der Waals surface area (Å²) in [5.41, 5.74) is 0. The zero-order valence-electron chi connectivity index (χ0n) is 6.91. The van der Waals surface area contributed by atoms with Gasteiger partial charge >= 0.3 is 0 Å². The minimum atomic E-state index is 0. The first-order valence-corrected chi connectivity index (χ1v) is 3.79. The maximum absolute atomic E-state index is 5.12. The van der Waals surface area contributed by atoms with Crippen LogP contribution in [0.1, 0.15) is 0 Å². The van der Waals surface area contributed by atoms with Gasteiger partial charge in [-0.25, -0.2) is 0 Å². The van der Waals surface area contributed by atoms with E-state index >= 15 is 0 Å². The van der Waals surface area contributed by atoms with Gasteiger partial charge in [-0.15, -0.1) is 17.4 Å². The maximum Gasteiger partial charge on any atom is 0.185 e. The van der Waals surface area contributed by atoms with Crippen molar-refractivity contribution >= 4 is 14.5 Å². The van der Waals surface area contributed by atoms with Crippen molar-refractivity contribution in [2.45, 2.75) is 0 Å². The van der Waals surface area contributed by atoms with Gasteiger partial charge in [0.15, 0.2) is 6.79 Å². The number of ether oxygens (including phenoxy) is 2. The third-order valence-corrected chi connectivity index (χ3v) is 1.50. The minimum absolute atomic E-state index is 0. The zero-order chi connectivity index (χ0) is 8.10. The minimum Gasteiger partial charge on any atom is -0.493 e. The van der Waals surface area contributed by atoms with E-state index in [0.29, 0.717) is 5.75 Å². The average Bonchev–Trinajstić information content (AvgIpc) is 2.04. The van der Waals surface area contributed by atoms with Crippen molar-refractivity contribution in [3.05, 3.63) is 24.3 Å². The van der Waals surface area contributed by atoms with Crippen molar-refractivity contribution in [2.24, 2.45) is 0 Å². The number of hydrogen-bond donors (Lipinski definition) is 0. The van der Waals surface area contributed by atoms with Gasteiger partial charge in [-0.1, -0.05) is 0 Å².